The standard InChI is InChI=1S/C19H18ClN3O2/c1-22(12-18-21-14-7-3-5-9-17(14)25-18)16-10-11-23(19(16)24)15-8-4-2-6-13(15)20/h2-9,16H,10-12H2,1H3. The molecule has 0 radical (unpaired) electrons. The van der Waals surface area contributed by atoms with Crippen LogP contribution in [-0.4, -0.2) is 35.4 Å². The molecule has 0 spiro atoms. The highest BCUT2D eigenvalue weighted by molar-refractivity contribution is 6.33. The number of para-hydroxylation sites is 3. The maximum Gasteiger partial charge on any atom is 0.244 e. The number of likely N-dealkylation sites (N-methyl/N-ethyl adjacent to an activating group) is 1. The summed E-state index contributed by atoms with van der Waals surface area (Å²) in [7, 11) is 1.92. The van der Waals surface area contributed by atoms with Crippen LogP contribution in [0.3, 0.4) is 0 Å². The first kappa shape index (κ1) is 16.1. The lowest BCUT2D eigenvalue weighted by Crippen LogP contribution is -2.39. The van der Waals surface area contributed by atoms with Gasteiger partial charge in [0.05, 0.1) is 23.3 Å². The van der Waals surface area contributed by atoms with Crippen LogP contribution >= 0.6 is 11.6 Å². The van der Waals surface area contributed by atoms with E-state index in [1.165, 1.54) is 0 Å². The second-order valence-electron chi connectivity index (χ2n) is 6.24. The van der Waals surface area contributed by atoms with E-state index in [9.17, 15) is 4.79 Å². The molecule has 0 N–H and O–H groups in total. The number of benzene rings is 2. The Morgan fingerprint density at radius 2 is 2.00 bits per heavy atom. The van der Waals surface area contributed by atoms with Crippen molar-refractivity contribution in [1.82, 2.24) is 9.88 Å². The van der Waals surface area contributed by atoms with Gasteiger partial charge in [-0.1, -0.05) is 35.9 Å². The molecule has 2 heterocycles. The molecule has 0 saturated carbocycles. The SMILES string of the molecule is CN(Cc1nc2ccccc2o1)C1CCN(c2ccccc2Cl)C1=O. The maximum atomic E-state index is 12.8. The van der Waals surface area contributed by atoms with Crippen LogP contribution in [0.25, 0.3) is 11.1 Å². The van der Waals surface area contributed by atoms with E-state index in [1.54, 1.807) is 11.0 Å². The molecule has 0 aliphatic carbocycles. The quantitative estimate of drug-likeness (QED) is 0.715. The third-order valence-electron chi connectivity index (χ3n) is 4.58. The highest BCUT2D eigenvalue weighted by atomic mass is 35.5. The summed E-state index contributed by atoms with van der Waals surface area (Å²) in [5.41, 5.74) is 2.37. The van der Waals surface area contributed by atoms with Crippen molar-refractivity contribution in [3.8, 4) is 0 Å². The molecule has 5 nitrogen and oxygen atoms in total. The molecule has 1 saturated heterocycles. The fourth-order valence-corrected chi connectivity index (χ4v) is 3.53. The summed E-state index contributed by atoms with van der Waals surface area (Å²) in [4.78, 5) is 21.1. The van der Waals surface area contributed by atoms with Gasteiger partial charge < -0.3 is 9.32 Å². The minimum atomic E-state index is -0.203. The van der Waals surface area contributed by atoms with E-state index in [1.807, 2.05) is 54.4 Å². The highest BCUT2D eigenvalue weighted by Gasteiger charge is 2.36. The molecule has 1 unspecified atom stereocenters. The van der Waals surface area contributed by atoms with Crippen LogP contribution in [0.2, 0.25) is 5.02 Å². The average Bonchev–Trinajstić information content (AvgIpc) is 3.18. The molecule has 1 atom stereocenters. The summed E-state index contributed by atoms with van der Waals surface area (Å²) in [6, 6.07) is 14.9. The van der Waals surface area contributed by atoms with Crippen molar-refractivity contribution in [1.29, 1.82) is 0 Å². The molecule has 0 bridgehead atoms. The lowest BCUT2D eigenvalue weighted by Gasteiger charge is -2.23. The average molecular weight is 356 g/mol. The number of fused-ring (bicyclic) bond motifs is 1. The molecule has 1 fully saturated rings. The smallest absolute Gasteiger partial charge is 0.244 e. The maximum absolute atomic E-state index is 12.8. The van der Waals surface area contributed by atoms with Gasteiger partial charge in [0, 0.05) is 6.54 Å². The molecule has 1 aromatic heterocycles. The monoisotopic (exact) mass is 355 g/mol. The van der Waals surface area contributed by atoms with E-state index in [0.717, 1.165) is 23.2 Å². The van der Waals surface area contributed by atoms with Crippen LogP contribution in [0.15, 0.2) is 52.9 Å². The molecule has 1 aliphatic rings. The molecule has 6 heteroatoms. The first-order chi connectivity index (χ1) is 12.1. The summed E-state index contributed by atoms with van der Waals surface area (Å²) in [5, 5.41) is 0.595. The van der Waals surface area contributed by atoms with Crippen LogP contribution < -0.4 is 4.90 Å². The Kier molecular flexibility index (Phi) is 4.19. The molecule has 25 heavy (non-hydrogen) atoms. The lowest BCUT2D eigenvalue weighted by molar-refractivity contribution is -0.121. The molecule has 3 aromatic rings. The Bertz CT molecular complexity index is 891. The van der Waals surface area contributed by atoms with E-state index < -0.39 is 0 Å². The first-order valence-corrected chi connectivity index (χ1v) is 8.62. The molecular weight excluding hydrogens is 338 g/mol. The fraction of sp³-hybridized carbons (Fsp3) is 0.263. The summed E-state index contributed by atoms with van der Waals surface area (Å²) in [6.45, 7) is 1.15. The van der Waals surface area contributed by atoms with Crippen molar-refractivity contribution < 1.29 is 9.21 Å². The van der Waals surface area contributed by atoms with Gasteiger partial charge in [0.1, 0.15) is 5.52 Å². The van der Waals surface area contributed by atoms with Crippen LogP contribution in [0, 0.1) is 0 Å². The zero-order valence-corrected chi connectivity index (χ0v) is 14.6. The Balaban J connectivity index is 1.50. The largest absolute Gasteiger partial charge is 0.439 e. The predicted molar refractivity (Wildman–Crippen MR) is 97.7 cm³/mol. The lowest BCUT2D eigenvalue weighted by atomic mass is 10.2. The number of aromatic nitrogens is 1. The number of oxazole rings is 1. The van der Waals surface area contributed by atoms with Crippen LogP contribution in [-0.2, 0) is 11.3 Å². The predicted octanol–water partition coefficient (Wildman–Crippen LogP) is 3.72. The van der Waals surface area contributed by atoms with Crippen molar-refractivity contribution in [3.63, 3.8) is 0 Å². The minimum absolute atomic E-state index is 0.0618. The number of rotatable bonds is 4. The van der Waals surface area contributed by atoms with Gasteiger partial charge in [-0.25, -0.2) is 4.98 Å². The molecule has 4 rings (SSSR count). The number of carbonyl (C=O) groups is 1. The van der Waals surface area contributed by atoms with Crippen LogP contribution in [0.5, 0.6) is 0 Å². The van der Waals surface area contributed by atoms with Crippen molar-refractivity contribution in [3.05, 3.63) is 59.4 Å². The zero-order valence-electron chi connectivity index (χ0n) is 13.9. The molecule has 128 valence electrons. The van der Waals surface area contributed by atoms with Crippen LogP contribution in [0.1, 0.15) is 12.3 Å². The number of hydrogen-bond donors (Lipinski definition) is 0. The summed E-state index contributed by atoms with van der Waals surface area (Å²) < 4.78 is 5.77. The van der Waals surface area contributed by atoms with Crippen molar-refractivity contribution >= 4 is 34.3 Å². The fourth-order valence-electron chi connectivity index (χ4n) is 3.29. The topological polar surface area (TPSA) is 49.6 Å². The molecular formula is C19H18ClN3O2. The Morgan fingerprint density at radius 1 is 1.24 bits per heavy atom. The summed E-state index contributed by atoms with van der Waals surface area (Å²) in [6.07, 6.45) is 0.751. The zero-order chi connectivity index (χ0) is 17.4. The van der Waals surface area contributed by atoms with E-state index in [2.05, 4.69) is 4.98 Å². The number of nitrogens with zero attached hydrogens (tertiary/aromatic N) is 3. The van der Waals surface area contributed by atoms with Gasteiger partial charge in [0.15, 0.2) is 5.58 Å². The van der Waals surface area contributed by atoms with Gasteiger partial charge in [-0.05, 0) is 37.7 Å². The second kappa shape index (κ2) is 6.50. The third kappa shape index (κ3) is 3.01. The highest BCUT2D eigenvalue weighted by Crippen LogP contribution is 2.30. The van der Waals surface area contributed by atoms with Crippen molar-refractivity contribution in [2.24, 2.45) is 0 Å². The number of halogens is 1. The van der Waals surface area contributed by atoms with Crippen molar-refractivity contribution in [2.75, 3.05) is 18.5 Å². The summed E-state index contributed by atoms with van der Waals surface area (Å²) >= 11 is 6.24. The van der Waals surface area contributed by atoms with Gasteiger partial charge in [-0.3, -0.25) is 9.69 Å². The Labute approximate surface area is 150 Å². The number of carbonyl (C=O) groups excluding carboxylic acids is 1. The number of hydrogen-bond acceptors (Lipinski definition) is 4. The third-order valence-corrected chi connectivity index (χ3v) is 4.89. The minimum Gasteiger partial charge on any atom is -0.439 e. The van der Waals surface area contributed by atoms with E-state index in [-0.39, 0.29) is 11.9 Å². The first-order valence-electron chi connectivity index (χ1n) is 8.24. The van der Waals surface area contributed by atoms with Crippen molar-refractivity contribution in [2.45, 2.75) is 19.0 Å². The van der Waals surface area contributed by atoms with E-state index >= 15 is 0 Å². The second-order valence-corrected chi connectivity index (χ2v) is 6.64. The molecule has 1 aliphatic heterocycles. The van der Waals surface area contributed by atoms with Gasteiger partial charge in [-0.2, -0.15) is 0 Å². The number of anilines is 1. The van der Waals surface area contributed by atoms with Crippen LogP contribution in [0.4, 0.5) is 5.69 Å². The molecule has 2 aromatic carbocycles. The molecule has 1 amide bonds. The Hall–Kier alpha value is -2.37. The van der Waals surface area contributed by atoms with E-state index in [4.69, 9.17) is 16.0 Å². The Morgan fingerprint density at radius 3 is 2.80 bits per heavy atom. The van der Waals surface area contributed by atoms with Gasteiger partial charge in [0.25, 0.3) is 0 Å². The normalized spacial score (nSPS) is 17.8. The van der Waals surface area contributed by atoms with Gasteiger partial charge >= 0.3 is 0 Å². The van der Waals surface area contributed by atoms with Gasteiger partial charge in [-0.15, -0.1) is 0 Å². The number of amides is 1. The van der Waals surface area contributed by atoms with E-state index in [0.29, 0.717) is 24.0 Å². The summed E-state index contributed by atoms with van der Waals surface area (Å²) in [5.74, 6) is 0.680. The van der Waals surface area contributed by atoms with Gasteiger partial charge in [0.2, 0.25) is 11.8 Å².